The van der Waals surface area contributed by atoms with E-state index in [0.29, 0.717) is 49.4 Å². The summed E-state index contributed by atoms with van der Waals surface area (Å²) in [6.45, 7) is 2.73. The molecule has 1 atom stereocenters. The number of carbonyl (C=O) groups excluding carboxylic acids is 3. The zero-order chi connectivity index (χ0) is 22.3. The molecule has 3 aliphatic rings. The molecule has 0 aromatic heterocycles. The SMILES string of the molecule is CC(=O)N1CCC2(CC1)CC(=O)c1ccc(OCC(=O)C3CCc4ccccc43)cc1O2. The second-order valence-corrected chi connectivity index (χ2v) is 9.09. The van der Waals surface area contributed by atoms with Crippen LogP contribution in [0.3, 0.4) is 0 Å². The summed E-state index contributed by atoms with van der Waals surface area (Å²) >= 11 is 0. The van der Waals surface area contributed by atoms with Gasteiger partial charge in [0.05, 0.1) is 12.0 Å². The number of piperidine rings is 1. The maximum Gasteiger partial charge on any atom is 0.219 e. The van der Waals surface area contributed by atoms with E-state index in [1.165, 1.54) is 5.56 Å². The minimum absolute atomic E-state index is 0.00948. The Labute approximate surface area is 187 Å². The predicted octanol–water partition coefficient (Wildman–Crippen LogP) is 3.71. The van der Waals surface area contributed by atoms with Crippen LogP contribution in [0, 0.1) is 0 Å². The van der Waals surface area contributed by atoms with E-state index >= 15 is 0 Å². The third-order valence-electron chi connectivity index (χ3n) is 7.09. The maximum absolute atomic E-state index is 12.8. The minimum Gasteiger partial charge on any atom is -0.486 e. The van der Waals surface area contributed by atoms with Gasteiger partial charge in [-0.1, -0.05) is 24.3 Å². The summed E-state index contributed by atoms with van der Waals surface area (Å²) in [5, 5.41) is 0. The maximum atomic E-state index is 12.8. The van der Waals surface area contributed by atoms with E-state index in [1.54, 1.807) is 30.0 Å². The van der Waals surface area contributed by atoms with Crippen molar-refractivity contribution in [2.45, 2.75) is 50.5 Å². The third-order valence-corrected chi connectivity index (χ3v) is 7.09. The average molecular weight is 434 g/mol. The number of amides is 1. The van der Waals surface area contributed by atoms with Gasteiger partial charge in [-0.05, 0) is 36.1 Å². The number of Topliss-reactive ketones (excluding diaryl/α,β-unsaturated/α-hetero) is 2. The first-order chi connectivity index (χ1) is 15.4. The highest BCUT2D eigenvalue weighted by atomic mass is 16.5. The lowest BCUT2D eigenvalue weighted by Crippen LogP contribution is -2.51. The number of rotatable bonds is 4. The van der Waals surface area contributed by atoms with Crippen molar-refractivity contribution < 1.29 is 23.9 Å². The second kappa shape index (κ2) is 8.08. The van der Waals surface area contributed by atoms with Gasteiger partial charge in [0.2, 0.25) is 5.91 Å². The fourth-order valence-electron chi connectivity index (χ4n) is 5.22. The van der Waals surface area contributed by atoms with Crippen molar-refractivity contribution in [3.05, 3.63) is 59.2 Å². The molecule has 6 heteroatoms. The van der Waals surface area contributed by atoms with Crippen LogP contribution in [0.15, 0.2) is 42.5 Å². The van der Waals surface area contributed by atoms with E-state index in [-0.39, 0.29) is 30.0 Å². The van der Waals surface area contributed by atoms with Crippen LogP contribution in [0.2, 0.25) is 0 Å². The number of ether oxygens (including phenoxy) is 2. The summed E-state index contributed by atoms with van der Waals surface area (Å²) in [6.07, 6.45) is 3.32. The highest BCUT2D eigenvalue weighted by molar-refractivity contribution is 6.00. The Morgan fingerprint density at radius 3 is 2.72 bits per heavy atom. The second-order valence-electron chi connectivity index (χ2n) is 9.09. The fourth-order valence-corrected chi connectivity index (χ4v) is 5.22. The van der Waals surface area contributed by atoms with Crippen LogP contribution in [0.25, 0.3) is 0 Å². The standard InChI is InChI=1S/C26H27NO5/c1-17(28)27-12-10-26(11-13-27)15-23(29)22-9-7-19(14-25(22)32-26)31-16-24(30)21-8-6-18-4-2-3-5-20(18)21/h2-5,7,9,14,21H,6,8,10-13,15-16H2,1H3. The molecule has 0 bridgehead atoms. The van der Waals surface area contributed by atoms with Gasteiger partial charge in [-0.3, -0.25) is 14.4 Å². The molecule has 1 unspecified atom stereocenters. The van der Waals surface area contributed by atoms with Crippen LogP contribution in [-0.4, -0.2) is 47.7 Å². The molecule has 166 valence electrons. The van der Waals surface area contributed by atoms with Crippen LogP contribution < -0.4 is 9.47 Å². The molecule has 6 nitrogen and oxygen atoms in total. The molecule has 2 aromatic carbocycles. The molecular formula is C26H27NO5. The van der Waals surface area contributed by atoms with E-state index in [2.05, 4.69) is 6.07 Å². The van der Waals surface area contributed by atoms with Crippen LogP contribution in [0.1, 0.15) is 60.0 Å². The third kappa shape index (κ3) is 3.78. The Balaban J connectivity index is 1.27. The number of nitrogens with zero attached hydrogens (tertiary/aromatic N) is 1. The molecule has 1 amide bonds. The van der Waals surface area contributed by atoms with Crippen molar-refractivity contribution in [2.24, 2.45) is 0 Å². The summed E-state index contributed by atoms with van der Waals surface area (Å²) in [6, 6.07) is 13.3. The topological polar surface area (TPSA) is 72.9 Å². The molecule has 32 heavy (non-hydrogen) atoms. The Bertz CT molecular complexity index is 1080. The lowest BCUT2D eigenvalue weighted by atomic mass is 9.82. The Hall–Kier alpha value is -3.15. The molecule has 2 heterocycles. The van der Waals surface area contributed by atoms with E-state index in [9.17, 15) is 14.4 Å². The normalized spacial score (nSPS) is 21.0. The van der Waals surface area contributed by atoms with Crippen molar-refractivity contribution in [1.82, 2.24) is 4.90 Å². The van der Waals surface area contributed by atoms with Gasteiger partial charge >= 0.3 is 0 Å². The van der Waals surface area contributed by atoms with Crippen LogP contribution in [0.4, 0.5) is 0 Å². The molecule has 0 radical (unpaired) electrons. The smallest absolute Gasteiger partial charge is 0.219 e. The van der Waals surface area contributed by atoms with Gasteiger partial charge in [0.25, 0.3) is 0 Å². The van der Waals surface area contributed by atoms with Crippen molar-refractivity contribution in [2.75, 3.05) is 19.7 Å². The number of likely N-dealkylation sites (tertiary alicyclic amines) is 1. The molecule has 0 saturated carbocycles. The Morgan fingerprint density at radius 1 is 1.16 bits per heavy atom. The van der Waals surface area contributed by atoms with Crippen molar-refractivity contribution in [3.63, 3.8) is 0 Å². The zero-order valence-electron chi connectivity index (χ0n) is 18.3. The number of aryl methyl sites for hydroxylation is 1. The van der Waals surface area contributed by atoms with Gasteiger partial charge in [-0.2, -0.15) is 0 Å². The number of ketones is 2. The summed E-state index contributed by atoms with van der Waals surface area (Å²) in [4.78, 5) is 39.0. The molecule has 2 aromatic rings. The van der Waals surface area contributed by atoms with Crippen LogP contribution >= 0.6 is 0 Å². The molecule has 1 spiro atoms. The quantitative estimate of drug-likeness (QED) is 0.735. The average Bonchev–Trinajstić information content (AvgIpc) is 3.22. The highest BCUT2D eigenvalue weighted by Gasteiger charge is 2.43. The summed E-state index contributed by atoms with van der Waals surface area (Å²) < 4.78 is 12.2. The first-order valence-corrected chi connectivity index (χ1v) is 11.3. The molecule has 1 fully saturated rings. The number of hydrogen-bond acceptors (Lipinski definition) is 5. The number of carbonyl (C=O) groups is 3. The number of benzene rings is 2. The van der Waals surface area contributed by atoms with Gasteiger partial charge in [-0.25, -0.2) is 0 Å². The first kappa shape index (κ1) is 20.7. The largest absolute Gasteiger partial charge is 0.486 e. The zero-order valence-corrected chi connectivity index (χ0v) is 18.3. The van der Waals surface area contributed by atoms with Gasteiger partial charge in [-0.15, -0.1) is 0 Å². The molecule has 1 saturated heterocycles. The van der Waals surface area contributed by atoms with Gasteiger partial charge in [0.1, 0.15) is 23.7 Å². The van der Waals surface area contributed by atoms with Crippen LogP contribution in [0.5, 0.6) is 11.5 Å². The summed E-state index contributed by atoms with van der Waals surface area (Å²) in [5.74, 6) is 1.08. The van der Waals surface area contributed by atoms with E-state index in [0.717, 1.165) is 18.4 Å². The van der Waals surface area contributed by atoms with Gasteiger partial charge in [0, 0.05) is 44.8 Å². The van der Waals surface area contributed by atoms with E-state index in [4.69, 9.17) is 9.47 Å². The number of hydrogen-bond donors (Lipinski definition) is 0. The lowest BCUT2D eigenvalue weighted by molar-refractivity contribution is -0.132. The first-order valence-electron chi connectivity index (χ1n) is 11.3. The fraction of sp³-hybridized carbons (Fsp3) is 0.423. The summed E-state index contributed by atoms with van der Waals surface area (Å²) in [7, 11) is 0. The lowest BCUT2D eigenvalue weighted by Gasteiger charge is -2.43. The Kier molecular flexibility index (Phi) is 5.24. The Morgan fingerprint density at radius 2 is 1.94 bits per heavy atom. The monoisotopic (exact) mass is 433 g/mol. The van der Waals surface area contributed by atoms with E-state index in [1.807, 2.05) is 18.2 Å². The van der Waals surface area contributed by atoms with Crippen molar-refractivity contribution >= 4 is 17.5 Å². The summed E-state index contributed by atoms with van der Waals surface area (Å²) in [5.41, 5.74) is 2.33. The number of fused-ring (bicyclic) bond motifs is 2. The minimum atomic E-state index is -0.571. The van der Waals surface area contributed by atoms with Crippen molar-refractivity contribution in [3.8, 4) is 11.5 Å². The van der Waals surface area contributed by atoms with Gasteiger partial charge < -0.3 is 14.4 Å². The van der Waals surface area contributed by atoms with Crippen LogP contribution in [-0.2, 0) is 16.0 Å². The highest BCUT2D eigenvalue weighted by Crippen LogP contribution is 2.41. The predicted molar refractivity (Wildman–Crippen MR) is 118 cm³/mol. The molecule has 2 aliphatic heterocycles. The van der Waals surface area contributed by atoms with Crippen molar-refractivity contribution in [1.29, 1.82) is 0 Å². The molecule has 5 rings (SSSR count). The molecule has 1 aliphatic carbocycles. The molecular weight excluding hydrogens is 406 g/mol. The van der Waals surface area contributed by atoms with E-state index < -0.39 is 5.60 Å². The van der Waals surface area contributed by atoms with Gasteiger partial charge in [0.15, 0.2) is 11.6 Å². The molecule has 0 N–H and O–H groups in total.